The number of hydrogen-bond donors (Lipinski definition) is 0. The number of rotatable bonds is 2. The zero-order valence-electron chi connectivity index (χ0n) is 9.89. The number of carbonyl (C=O) groups excluding carboxylic acids is 2. The zero-order chi connectivity index (χ0) is 12.8. The highest BCUT2D eigenvalue weighted by Crippen LogP contribution is 2.57. The van der Waals surface area contributed by atoms with Crippen LogP contribution in [0.1, 0.15) is 25.7 Å². The fourth-order valence-corrected chi connectivity index (χ4v) is 4.41. The molecule has 2 aliphatic heterocycles. The van der Waals surface area contributed by atoms with Gasteiger partial charge in [-0.2, -0.15) is 0 Å². The van der Waals surface area contributed by atoms with E-state index >= 15 is 0 Å². The van der Waals surface area contributed by atoms with E-state index in [9.17, 15) is 9.59 Å². The molecule has 0 aromatic heterocycles. The highest BCUT2D eigenvalue weighted by molar-refractivity contribution is 14.1. The van der Waals surface area contributed by atoms with Gasteiger partial charge in [0, 0.05) is 18.3 Å². The zero-order valence-corrected chi connectivity index (χ0v) is 12.1. The number of esters is 1. The van der Waals surface area contributed by atoms with Crippen molar-refractivity contribution in [1.29, 1.82) is 0 Å². The Morgan fingerprint density at radius 3 is 2.72 bits per heavy atom. The largest absolute Gasteiger partial charge is 0.461 e. The molecular weight excluding hydrogens is 351 g/mol. The van der Waals surface area contributed by atoms with Crippen LogP contribution in [0.15, 0.2) is 0 Å². The summed E-state index contributed by atoms with van der Waals surface area (Å²) in [5.41, 5.74) is -0.535. The van der Waals surface area contributed by atoms with Gasteiger partial charge in [-0.25, -0.2) is 0 Å². The van der Waals surface area contributed by atoms with E-state index in [1.54, 1.807) is 0 Å². The maximum atomic E-state index is 11.8. The summed E-state index contributed by atoms with van der Waals surface area (Å²) < 4.78 is 17.2. The van der Waals surface area contributed by atoms with Crippen molar-refractivity contribution in [3.05, 3.63) is 0 Å². The van der Waals surface area contributed by atoms with Crippen molar-refractivity contribution in [3.8, 4) is 0 Å². The van der Waals surface area contributed by atoms with Gasteiger partial charge >= 0.3 is 5.97 Å². The third kappa shape index (κ3) is 1.72. The van der Waals surface area contributed by atoms with E-state index in [2.05, 4.69) is 22.6 Å². The van der Waals surface area contributed by atoms with Crippen molar-refractivity contribution in [3.63, 3.8) is 0 Å². The lowest BCUT2D eigenvalue weighted by molar-refractivity contribution is -0.280. The molecule has 0 amide bonds. The first-order chi connectivity index (χ1) is 8.61. The number of alkyl halides is 1. The Hall–Kier alpha value is -0.210. The van der Waals surface area contributed by atoms with Crippen LogP contribution in [0.5, 0.6) is 0 Å². The summed E-state index contributed by atoms with van der Waals surface area (Å²) in [7, 11) is 0. The van der Waals surface area contributed by atoms with Gasteiger partial charge in [-0.1, -0.05) is 22.6 Å². The van der Waals surface area contributed by atoms with Gasteiger partial charge in [-0.05, 0) is 6.42 Å². The van der Waals surface area contributed by atoms with Crippen molar-refractivity contribution in [2.45, 2.75) is 41.5 Å². The molecule has 3 fully saturated rings. The number of ether oxygens (including phenoxy) is 3. The molecule has 3 atom stereocenters. The molecule has 1 saturated carbocycles. The van der Waals surface area contributed by atoms with E-state index in [1.165, 1.54) is 0 Å². The maximum Gasteiger partial charge on any atom is 0.306 e. The third-order valence-electron chi connectivity index (χ3n) is 4.26. The van der Waals surface area contributed by atoms with Crippen LogP contribution in [0.4, 0.5) is 0 Å². The van der Waals surface area contributed by atoms with Crippen LogP contribution >= 0.6 is 22.6 Å². The molecule has 0 aromatic carbocycles. The lowest BCUT2D eigenvalue weighted by atomic mass is 9.63. The molecule has 1 aliphatic carbocycles. The molecule has 2 saturated heterocycles. The molecule has 0 aromatic rings. The van der Waals surface area contributed by atoms with Crippen LogP contribution in [0, 0.1) is 5.41 Å². The summed E-state index contributed by atoms with van der Waals surface area (Å²) in [6.07, 6.45) is 2.60. The van der Waals surface area contributed by atoms with E-state index in [1.807, 2.05) is 0 Å². The number of hydrogen-bond acceptors (Lipinski definition) is 5. The molecule has 2 bridgehead atoms. The Kier molecular flexibility index (Phi) is 3.14. The van der Waals surface area contributed by atoms with Crippen molar-refractivity contribution >= 4 is 34.8 Å². The standard InChI is InChI=1S/C12H15IO5/c13-8-5-12(16-3-4-17-12)11(1-2-14)6-9(8)18-10(15)7-11/h2,8-9H,1,3-7H2/t8-,9+,11-/m1/s1. The third-order valence-corrected chi connectivity index (χ3v) is 5.50. The summed E-state index contributed by atoms with van der Waals surface area (Å²) in [5.74, 6) is -1.01. The lowest BCUT2D eigenvalue weighted by Crippen LogP contribution is -2.62. The van der Waals surface area contributed by atoms with Crippen LogP contribution in [0.25, 0.3) is 0 Å². The Labute approximate surface area is 119 Å². The number of aldehydes is 1. The Morgan fingerprint density at radius 1 is 1.33 bits per heavy atom. The summed E-state index contributed by atoms with van der Waals surface area (Å²) in [6.45, 7) is 1.06. The van der Waals surface area contributed by atoms with Crippen molar-refractivity contribution in [2.75, 3.05) is 13.2 Å². The first-order valence-corrected chi connectivity index (χ1v) is 7.40. The second-order valence-corrected chi connectivity index (χ2v) is 6.83. The van der Waals surface area contributed by atoms with Crippen molar-refractivity contribution < 1.29 is 23.8 Å². The molecule has 3 aliphatic rings. The van der Waals surface area contributed by atoms with Crippen LogP contribution in [0.3, 0.4) is 0 Å². The first kappa shape index (κ1) is 12.8. The van der Waals surface area contributed by atoms with Gasteiger partial charge < -0.3 is 19.0 Å². The highest BCUT2D eigenvalue weighted by atomic mass is 127. The second-order valence-electron chi connectivity index (χ2n) is 5.23. The van der Waals surface area contributed by atoms with Gasteiger partial charge in [-0.3, -0.25) is 4.79 Å². The van der Waals surface area contributed by atoms with E-state index in [0.717, 1.165) is 6.29 Å². The maximum absolute atomic E-state index is 11.8. The molecule has 1 spiro atoms. The van der Waals surface area contributed by atoms with E-state index in [4.69, 9.17) is 14.2 Å². The molecule has 2 heterocycles. The normalized spacial score (nSPS) is 41.7. The summed E-state index contributed by atoms with van der Waals surface area (Å²) in [4.78, 5) is 22.8. The number of carbonyl (C=O) groups is 2. The molecule has 0 unspecified atom stereocenters. The van der Waals surface area contributed by atoms with Crippen LogP contribution in [0.2, 0.25) is 0 Å². The predicted molar refractivity (Wildman–Crippen MR) is 69.3 cm³/mol. The molecule has 100 valence electrons. The van der Waals surface area contributed by atoms with E-state index in [-0.39, 0.29) is 22.4 Å². The van der Waals surface area contributed by atoms with Gasteiger partial charge in [0.05, 0.1) is 23.6 Å². The van der Waals surface area contributed by atoms with Crippen LogP contribution < -0.4 is 0 Å². The van der Waals surface area contributed by atoms with Crippen molar-refractivity contribution in [2.24, 2.45) is 5.41 Å². The lowest BCUT2D eigenvalue weighted by Gasteiger charge is -2.54. The average molecular weight is 366 g/mol. The molecule has 0 radical (unpaired) electrons. The molecule has 5 nitrogen and oxygen atoms in total. The van der Waals surface area contributed by atoms with Gasteiger partial charge in [-0.15, -0.1) is 0 Å². The monoisotopic (exact) mass is 366 g/mol. The molecule has 18 heavy (non-hydrogen) atoms. The smallest absolute Gasteiger partial charge is 0.306 e. The molecule has 3 rings (SSSR count). The SMILES string of the molecule is O=CC[C@]12CC(=O)O[C@@H](C1)[C@H](I)CC21OCCO1. The fourth-order valence-electron chi connectivity index (χ4n) is 3.43. The van der Waals surface area contributed by atoms with E-state index in [0.29, 0.717) is 32.5 Å². The Balaban J connectivity index is 2.01. The number of halogens is 1. The Bertz CT molecular complexity index is 379. The van der Waals surface area contributed by atoms with E-state index < -0.39 is 11.2 Å². The Morgan fingerprint density at radius 2 is 2.06 bits per heavy atom. The fraction of sp³-hybridized carbons (Fsp3) is 0.833. The molecule has 0 N–H and O–H groups in total. The van der Waals surface area contributed by atoms with Gasteiger partial charge in [0.1, 0.15) is 12.4 Å². The molecule has 6 heteroatoms. The second kappa shape index (κ2) is 4.42. The predicted octanol–water partition coefficient (Wildman–Crippen LogP) is 1.22. The highest BCUT2D eigenvalue weighted by Gasteiger charge is 2.64. The minimum absolute atomic E-state index is 0.120. The quantitative estimate of drug-likeness (QED) is 0.318. The van der Waals surface area contributed by atoms with Crippen LogP contribution in [-0.2, 0) is 23.8 Å². The van der Waals surface area contributed by atoms with Crippen molar-refractivity contribution in [1.82, 2.24) is 0 Å². The summed E-state index contributed by atoms with van der Waals surface area (Å²) >= 11 is 2.28. The van der Waals surface area contributed by atoms with Crippen LogP contribution in [-0.4, -0.2) is 41.3 Å². The van der Waals surface area contributed by atoms with Gasteiger partial charge in [0.2, 0.25) is 0 Å². The molecular formula is C12H15IO5. The summed E-state index contributed by atoms with van der Waals surface area (Å²) in [6, 6.07) is 0. The number of fused-ring (bicyclic) bond motifs is 3. The minimum Gasteiger partial charge on any atom is -0.461 e. The van der Waals surface area contributed by atoms with Gasteiger partial charge in [0.15, 0.2) is 5.79 Å². The average Bonchev–Trinajstić information content (AvgIpc) is 2.77. The minimum atomic E-state index is -0.768. The summed E-state index contributed by atoms with van der Waals surface area (Å²) in [5, 5.41) is 0. The van der Waals surface area contributed by atoms with Gasteiger partial charge in [0.25, 0.3) is 0 Å². The first-order valence-electron chi connectivity index (χ1n) is 6.16. The topological polar surface area (TPSA) is 61.8 Å².